The van der Waals surface area contributed by atoms with Crippen LogP contribution < -0.4 is 10.6 Å². The molecule has 4 aromatic rings. The van der Waals surface area contributed by atoms with Crippen LogP contribution in [-0.4, -0.2) is 105 Å². The van der Waals surface area contributed by atoms with E-state index >= 15 is 0 Å². The molecule has 4 aliphatic heterocycles. The summed E-state index contributed by atoms with van der Waals surface area (Å²) in [7, 11) is 4.93. The number of hydrogen-bond donors (Lipinski definition) is 4. The maximum absolute atomic E-state index is 14.3. The number of ether oxygens (including phenoxy) is 2. The highest BCUT2D eigenvalue weighted by Crippen LogP contribution is 2.57. The Balaban J connectivity index is 0.876. The van der Waals surface area contributed by atoms with Crippen molar-refractivity contribution < 1.29 is 28.7 Å². The maximum Gasteiger partial charge on any atom is 0.407 e. The van der Waals surface area contributed by atoms with Gasteiger partial charge >= 0.3 is 12.2 Å². The van der Waals surface area contributed by atoms with Crippen LogP contribution in [0.1, 0.15) is 150 Å². The van der Waals surface area contributed by atoms with Crippen molar-refractivity contribution in [3.8, 4) is 33.6 Å². The number of carbonyl (C=O) groups is 4. The van der Waals surface area contributed by atoms with E-state index < -0.39 is 24.3 Å². The van der Waals surface area contributed by atoms with Crippen LogP contribution in [0.5, 0.6) is 0 Å². The number of nitrogens with one attached hydrogen (secondary N) is 4. The molecule has 2 bridgehead atoms. The predicted molar refractivity (Wildman–Crippen MR) is 249 cm³/mol. The van der Waals surface area contributed by atoms with E-state index in [1.165, 1.54) is 30.9 Å². The summed E-state index contributed by atoms with van der Waals surface area (Å²) in [5.41, 5.74) is 9.14. The summed E-state index contributed by atoms with van der Waals surface area (Å²) in [6.07, 6.45) is 18.5. The SMILES string of the molecule is COC(=O)N[C@H](C(=O)N1CCCC1c1ncc(-c2ccc(-c3ccc(-c4cnc(C5CCCN5C(=O)[C@@H](NC(=O)OC)C5CCCCC5)[nH]4)c4c3C3CCC4N3C)cc2)[nH]1)C1CCCCC1. The minimum absolute atomic E-state index is 0.0440. The minimum atomic E-state index is -0.608. The van der Waals surface area contributed by atoms with Crippen molar-refractivity contribution in [1.82, 2.24) is 45.3 Å². The van der Waals surface area contributed by atoms with E-state index in [0.717, 1.165) is 142 Å². The first kappa shape index (κ1) is 44.2. The first-order chi connectivity index (χ1) is 32.2. The number of hydrogen-bond acceptors (Lipinski definition) is 9. The number of fused-ring (bicyclic) bond motifs is 5. The molecule has 2 aliphatic carbocycles. The fourth-order valence-corrected chi connectivity index (χ4v) is 12.7. The van der Waals surface area contributed by atoms with Crippen LogP contribution in [0.15, 0.2) is 48.8 Å². The monoisotopic (exact) mass is 900 g/mol. The number of H-pyrrole nitrogens is 2. The minimum Gasteiger partial charge on any atom is -0.453 e. The van der Waals surface area contributed by atoms with Gasteiger partial charge in [0, 0.05) is 30.7 Å². The van der Waals surface area contributed by atoms with Crippen LogP contribution >= 0.6 is 0 Å². The van der Waals surface area contributed by atoms with Crippen LogP contribution in [0.2, 0.25) is 0 Å². The molecule has 350 valence electrons. The highest BCUT2D eigenvalue weighted by atomic mass is 16.5. The summed E-state index contributed by atoms with van der Waals surface area (Å²) in [5.74, 6) is 1.65. The fraction of sp³-hybridized carbons (Fsp3) is 0.569. The first-order valence-corrected chi connectivity index (χ1v) is 24.6. The van der Waals surface area contributed by atoms with E-state index in [9.17, 15) is 19.2 Å². The number of aromatic amines is 2. The summed E-state index contributed by atoms with van der Waals surface area (Å²) >= 11 is 0. The van der Waals surface area contributed by atoms with E-state index in [2.05, 4.69) is 68.9 Å². The molecule has 0 radical (unpaired) electrons. The lowest BCUT2D eigenvalue weighted by Gasteiger charge is -2.34. The van der Waals surface area contributed by atoms with Crippen molar-refractivity contribution in [2.75, 3.05) is 34.4 Å². The van der Waals surface area contributed by atoms with Crippen LogP contribution in [0.4, 0.5) is 9.59 Å². The molecule has 0 spiro atoms. The normalized spacial score (nSPS) is 24.3. The Labute approximate surface area is 387 Å². The molecule has 2 aromatic heterocycles. The van der Waals surface area contributed by atoms with Crippen LogP contribution in [0.25, 0.3) is 33.6 Å². The summed E-state index contributed by atoms with van der Waals surface area (Å²) in [5, 5.41) is 5.80. The average Bonchev–Trinajstić information content (AvgIpc) is 4.24. The van der Waals surface area contributed by atoms with E-state index in [1.807, 2.05) is 22.2 Å². The Hall–Kier alpha value is -5.70. The molecule has 2 saturated carbocycles. The molecule has 15 nitrogen and oxygen atoms in total. The van der Waals surface area contributed by atoms with Gasteiger partial charge in [-0.25, -0.2) is 19.6 Å². The zero-order valence-electron chi connectivity index (χ0n) is 38.7. The molecular formula is C51H65N9O6. The summed E-state index contributed by atoms with van der Waals surface area (Å²) < 4.78 is 9.90. The van der Waals surface area contributed by atoms with Crippen molar-refractivity contribution in [2.24, 2.45) is 11.8 Å². The molecular weight excluding hydrogens is 835 g/mol. The van der Waals surface area contributed by atoms with E-state index in [0.29, 0.717) is 25.2 Å². The number of alkyl carbamates (subject to hydrolysis) is 2. The lowest BCUT2D eigenvalue weighted by atomic mass is 9.82. The third-order valence-electron chi connectivity index (χ3n) is 16.0. The molecule has 4 amide bonds. The number of amides is 4. The molecule has 3 saturated heterocycles. The highest BCUT2D eigenvalue weighted by molar-refractivity contribution is 5.87. The van der Waals surface area contributed by atoms with Gasteiger partial charge in [-0.2, -0.15) is 0 Å². The van der Waals surface area contributed by atoms with Gasteiger partial charge in [0.05, 0.1) is 50.1 Å². The molecule has 5 fully saturated rings. The predicted octanol–water partition coefficient (Wildman–Crippen LogP) is 8.89. The second-order valence-corrected chi connectivity index (χ2v) is 19.6. The summed E-state index contributed by atoms with van der Waals surface area (Å²) in [6.45, 7) is 1.25. The van der Waals surface area contributed by atoms with E-state index in [-0.39, 0.29) is 35.7 Å². The Morgan fingerprint density at radius 1 is 0.561 bits per heavy atom. The number of nitrogens with zero attached hydrogens (tertiary/aromatic N) is 5. The first-order valence-electron chi connectivity index (χ1n) is 24.6. The second-order valence-electron chi connectivity index (χ2n) is 19.6. The van der Waals surface area contributed by atoms with Crippen molar-refractivity contribution in [1.29, 1.82) is 0 Å². The second kappa shape index (κ2) is 18.9. The molecule has 6 atom stereocenters. The Morgan fingerprint density at radius 3 is 1.53 bits per heavy atom. The molecule has 15 heteroatoms. The molecule has 4 N–H and O–H groups in total. The number of likely N-dealkylation sites (tertiary alicyclic amines) is 2. The molecule has 2 aromatic carbocycles. The van der Waals surface area contributed by atoms with Crippen molar-refractivity contribution in [2.45, 2.75) is 139 Å². The van der Waals surface area contributed by atoms with Gasteiger partial charge in [-0.1, -0.05) is 74.9 Å². The van der Waals surface area contributed by atoms with Crippen LogP contribution in [0, 0.1) is 11.8 Å². The van der Waals surface area contributed by atoms with E-state index in [4.69, 9.17) is 19.4 Å². The average molecular weight is 900 g/mol. The number of carbonyl (C=O) groups excluding carboxylic acids is 4. The Kier molecular flexibility index (Phi) is 12.6. The van der Waals surface area contributed by atoms with Crippen molar-refractivity contribution in [3.05, 3.63) is 71.6 Å². The number of rotatable bonds is 11. The van der Waals surface area contributed by atoms with Gasteiger partial charge in [0.25, 0.3) is 0 Å². The topological polar surface area (TPSA) is 178 Å². The lowest BCUT2D eigenvalue weighted by Crippen LogP contribution is -2.52. The number of imidazole rings is 2. The van der Waals surface area contributed by atoms with Gasteiger partial charge in [-0.15, -0.1) is 0 Å². The Morgan fingerprint density at radius 2 is 1.02 bits per heavy atom. The van der Waals surface area contributed by atoms with Crippen LogP contribution in [0.3, 0.4) is 0 Å². The van der Waals surface area contributed by atoms with Crippen molar-refractivity contribution in [3.63, 3.8) is 0 Å². The molecule has 66 heavy (non-hydrogen) atoms. The van der Waals surface area contributed by atoms with E-state index in [1.54, 1.807) is 0 Å². The van der Waals surface area contributed by atoms with Gasteiger partial charge in [0.15, 0.2) is 0 Å². The largest absolute Gasteiger partial charge is 0.453 e. The van der Waals surface area contributed by atoms with Crippen molar-refractivity contribution >= 4 is 24.0 Å². The molecule has 10 rings (SSSR count). The molecule has 6 aliphatic rings. The lowest BCUT2D eigenvalue weighted by molar-refractivity contribution is -0.136. The van der Waals surface area contributed by atoms with Gasteiger partial charge in [-0.3, -0.25) is 14.5 Å². The maximum atomic E-state index is 14.3. The number of aromatic nitrogens is 4. The highest BCUT2D eigenvalue weighted by Gasteiger charge is 2.46. The van der Waals surface area contributed by atoms with Gasteiger partial charge in [0.1, 0.15) is 23.7 Å². The summed E-state index contributed by atoms with van der Waals surface area (Å²) in [4.78, 5) is 76.6. The molecule has 6 heterocycles. The smallest absolute Gasteiger partial charge is 0.407 e. The number of benzene rings is 2. The fourth-order valence-electron chi connectivity index (χ4n) is 12.7. The van der Waals surface area contributed by atoms with Gasteiger partial charge < -0.3 is 39.9 Å². The third-order valence-corrected chi connectivity index (χ3v) is 16.0. The summed E-state index contributed by atoms with van der Waals surface area (Å²) in [6, 6.07) is 12.2. The quantitative estimate of drug-likeness (QED) is 0.114. The Bertz CT molecular complexity index is 2420. The molecule has 4 unspecified atom stereocenters. The van der Waals surface area contributed by atoms with Gasteiger partial charge in [-0.05, 0) is 111 Å². The van der Waals surface area contributed by atoms with Crippen LogP contribution in [-0.2, 0) is 19.1 Å². The standard InChI is InChI=1S/C51H65N9O6/c1-58-38-24-25-39(58)43-35(37-29-53-47(55-37)41-17-11-27-60(41)49(62)45(57-51(64)66-3)33-14-8-5-9-15-33)23-22-34(42(38)43)30-18-20-31(21-19-30)36-28-52-46(54-36)40-16-10-26-59(40)48(61)44(56-50(63)65-2)32-12-6-4-7-13-32/h18-23,28-29,32-33,38-41,44-45H,4-17,24-27H2,1-3H3,(H,52,54)(H,53,55)(H,56,63)(H,57,64)/t38?,39?,40?,41?,44-,45-/m0/s1. The zero-order chi connectivity index (χ0) is 45.5. The van der Waals surface area contributed by atoms with Gasteiger partial charge in [0.2, 0.25) is 11.8 Å². The number of methoxy groups -OCH3 is 2. The zero-order valence-corrected chi connectivity index (χ0v) is 38.7. The third kappa shape index (κ3) is 8.25.